The van der Waals surface area contributed by atoms with Crippen LogP contribution in [0.25, 0.3) is 11.5 Å². The summed E-state index contributed by atoms with van der Waals surface area (Å²) in [5.74, 6) is -1.03. The number of aromatic nitrogens is 2. The molecule has 2 rings (SSSR count). The first-order valence-corrected chi connectivity index (χ1v) is 3.36. The van der Waals surface area contributed by atoms with Gasteiger partial charge in [0.1, 0.15) is 0 Å². The normalized spacial score (nSPS) is 10.2. The van der Waals surface area contributed by atoms with Crippen molar-refractivity contribution in [3.05, 3.63) is 24.4 Å². The summed E-state index contributed by atoms with van der Waals surface area (Å²) in [6.45, 7) is 0. The van der Waals surface area contributed by atoms with E-state index in [9.17, 15) is 4.79 Å². The lowest BCUT2D eigenvalue weighted by Crippen LogP contribution is -1.91. The maximum Gasteiger partial charge on any atom is 0.374 e. The summed E-state index contributed by atoms with van der Waals surface area (Å²) in [6.07, 6.45) is 2.65. The van der Waals surface area contributed by atoms with E-state index in [1.165, 1.54) is 18.7 Å². The molecule has 0 atom stereocenters. The van der Waals surface area contributed by atoms with Gasteiger partial charge in [0.2, 0.25) is 5.76 Å². The molecule has 6 nitrogen and oxygen atoms in total. The van der Waals surface area contributed by atoms with E-state index in [1.807, 2.05) is 0 Å². The average molecular weight is 180 g/mol. The molecular formula is C7H4N2O4. The molecule has 0 fully saturated rings. The SMILES string of the molecule is O=C(O)c1cc(-c2cnco2)no1. The minimum Gasteiger partial charge on any atom is -0.475 e. The molecular weight excluding hydrogens is 176 g/mol. The van der Waals surface area contributed by atoms with E-state index in [-0.39, 0.29) is 5.76 Å². The van der Waals surface area contributed by atoms with Crippen LogP contribution in [-0.2, 0) is 0 Å². The highest BCUT2D eigenvalue weighted by atomic mass is 16.5. The number of aromatic carboxylic acids is 1. The van der Waals surface area contributed by atoms with Crippen LogP contribution >= 0.6 is 0 Å². The third-order valence-electron chi connectivity index (χ3n) is 1.41. The highest BCUT2D eigenvalue weighted by Crippen LogP contribution is 2.17. The average Bonchev–Trinajstić information content (AvgIpc) is 2.75. The molecule has 0 spiro atoms. The number of rotatable bonds is 2. The van der Waals surface area contributed by atoms with Gasteiger partial charge in [0, 0.05) is 6.07 Å². The number of carboxylic acid groups (broad SMARTS) is 1. The Kier molecular flexibility index (Phi) is 1.59. The van der Waals surface area contributed by atoms with E-state index in [4.69, 9.17) is 9.52 Å². The van der Waals surface area contributed by atoms with Crippen LogP contribution in [0.1, 0.15) is 10.6 Å². The van der Waals surface area contributed by atoms with Gasteiger partial charge in [0.15, 0.2) is 17.8 Å². The van der Waals surface area contributed by atoms with Crippen LogP contribution in [0, 0.1) is 0 Å². The number of oxazole rings is 1. The summed E-state index contributed by atoms with van der Waals surface area (Å²) in [5, 5.41) is 12.0. The van der Waals surface area contributed by atoms with Crippen LogP contribution in [0.4, 0.5) is 0 Å². The topological polar surface area (TPSA) is 89.4 Å². The lowest BCUT2D eigenvalue weighted by atomic mass is 10.3. The second-order valence-electron chi connectivity index (χ2n) is 2.25. The third-order valence-corrected chi connectivity index (χ3v) is 1.41. The van der Waals surface area contributed by atoms with Crippen molar-refractivity contribution in [1.82, 2.24) is 10.1 Å². The van der Waals surface area contributed by atoms with Gasteiger partial charge in [-0.2, -0.15) is 0 Å². The van der Waals surface area contributed by atoms with Crippen molar-refractivity contribution < 1.29 is 18.8 Å². The van der Waals surface area contributed by atoms with E-state index in [2.05, 4.69) is 14.7 Å². The molecule has 2 heterocycles. The maximum atomic E-state index is 10.4. The van der Waals surface area contributed by atoms with Gasteiger partial charge in [0.25, 0.3) is 0 Å². The molecule has 0 amide bonds. The summed E-state index contributed by atoms with van der Waals surface area (Å²) in [7, 11) is 0. The van der Waals surface area contributed by atoms with Crippen LogP contribution < -0.4 is 0 Å². The Labute approximate surface area is 71.8 Å². The van der Waals surface area contributed by atoms with Gasteiger partial charge in [-0.05, 0) is 0 Å². The summed E-state index contributed by atoms with van der Waals surface area (Å²) >= 11 is 0. The van der Waals surface area contributed by atoms with E-state index >= 15 is 0 Å². The molecule has 2 aromatic heterocycles. The largest absolute Gasteiger partial charge is 0.475 e. The van der Waals surface area contributed by atoms with Crippen LogP contribution in [0.5, 0.6) is 0 Å². The molecule has 0 saturated carbocycles. The second-order valence-corrected chi connectivity index (χ2v) is 2.25. The Bertz CT molecular complexity index is 417. The van der Waals surface area contributed by atoms with Gasteiger partial charge in [0.05, 0.1) is 6.20 Å². The van der Waals surface area contributed by atoms with Crippen molar-refractivity contribution in [1.29, 1.82) is 0 Å². The number of hydrogen-bond acceptors (Lipinski definition) is 5. The fourth-order valence-corrected chi connectivity index (χ4v) is 0.834. The van der Waals surface area contributed by atoms with Gasteiger partial charge in [-0.25, -0.2) is 9.78 Å². The summed E-state index contributed by atoms with van der Waals surface area (Å²) in [5.41, 5.74) is 0.315. The zero-order valence-electron chi connectivity index (χ0n) is 6.30. The van der Waals surface area contributed by atoms with E-state index < -0.39 is 5.97 Å². The smallest absolute Gasteiger partial charge is 0.374 e. The Hall–Kier alpha value is -2.11. The first-order chi connectivity index (χ1) is 6.27. The van der Waals surface area contributed by atoms with Crippen LogP contribution in [0.3, 0.4) is 0 Å². The van der Waals surface area contributed by atoms with E-state index in [0.717, 1.165) is 0 Å². The van der Waals surface area contributed by atoms with Crippen molar-refractivity contribution in [2.24, 2.45) is 0 Å². The quantitative estimate of drug-likeness (QED) is 0.742. The molecule has 0 aromatic carbocycles. The Morgan fingerprint density at radius 3 is 2.92 bits per heavy atom. The molecule has 0 bridgehead atoms. The molecule has 1 N–H and O–H groups in total. The first kappa shape index (κ1) is 7.53. The monoisotopic (exact) mass is 180 g/mol. The van der Waals surface area contributed by atoms with Crippen molar-refractivity contribution in [2.45, 2.75) is 0 Å². The minimum atomic E-state index is -1.17. The molecule has 0 unspecified atom stereocenters. The predicted octanol–water partition coefficient (Wildman–Crippen LogP) is 1.03. The molecule has 2 aromatic rings. The fraction of sp³-hybridized carbons (Fsp3) is 0. The molecule has 0 aliphatic rings. The van der Waals surface area contributed by atoms with Gasteiger partial charge >= 0.3 is 5.97 Å². The van der Waals surface area contributed by atoms with Gasteiger partial charge in [-0.15, -0.1) is 0 Å². The number of hydrogen-bond donors (Lipinski definition) is 1. The van der Waals surface area contributed by atoms with Crippen molar-refractivity contribution in [3.8, 4) is 11.5 Å². The van der Waals surface area contributed by atoms with Gasteiger partial charge in [-0.3, -0.25) is 0 Å². The molecule has 66 valence electrons. The standard InChI is InChI=1S/C7H4N2O4/c10-7(11)5-1-4(9-13-5)6-2-8-3-12-6/h1-3H,(H,10,11). The van der Waals surface area contributed by atoms with Gasteiger partial charge in [-0.1, -0.05) is 5.16 Å². The van der Waals surface area contributed by atoms with Crippen molar-refractivity contribution in [3.63, 3.8) is 0 Å². The molecule has 6 heteroatoms. The molecule has 0 aliphatic heterocycles. The lowest BCUT2D eigenvalue weighted by Gasteiger charge is -1.80. The molecule has 0 saturated heterocycles. The zero-order valence-corrected chi connectivity index (χ0v) is 6.30. The molecule has 13 heavy (non-hydrogen) atoms. The predicted molar refractivity (Wildman–Crippen MR) is 39.0 cm³/mol. The summed E-state index contributed by atoms with van der Waals surface area (Å²) in [6, 6.07) is 1.27. The van der Waals surface area contributed by atoms with Gasteiger partial charge < -0.3 is 14.0 Å². The Morgan fingerprint density at radius 2 is 2.38 bits per heavy atom. The van der Waals surface area contributed by atoms with E-state index in [0.29, 0.717) is 11.5 Å². The fourth-order valence-electron chi connectivity index (χ4n) is 0.834. The summed E-state index contributed by atoms with van der Waals surface area (Å²) in [4.78, 5) is 14.1. The van der Waals surface area contributed by atoms with Crippen LogP contribution in [0.15, 0.2) is 27.6 Å². The van der Waals surface area contributed by atoms with E-state index in [1.54, 1.807) is 0 Å². The molecule has 0 aliphatic carbocycles. The minimum absolute atomic E-state index is 0.230. The Morgan fingerprint density at radius 1 is 1.54 bits per heavy atom. The van der Waals surface area contributed by atoms with Crippen LogP contribution in [-0.4, -0.2) is 21.2 Å². The van der Waals surface area contributed by atoms with Crippen molar-refractivity contribution >= 4 is 5.97 Å². The first-order valence-electron chi connectivity index (χ1n) is 3.36. The zero-order chi connectivity index (χ0) is 9.26. The Balaban J connectivity index is 2.39. The number of carboxylic acids is 1. The lowest BCUT2D eigenvalue weighted by molar-refractivity contribution is 0.0652. The highest BCUT2D eigenvalue weighted by Gasteiger charge is 2.13. The van der Waals surface area contributed by atoms with Crippen molar-refractivity contribution in [2.75, 3.05) is 0 Å². The summed E-state index contributed by atoms with van der Waals surface area (Å²) < 4.78 is 9.40. The highest BCUT2D eigenvalue weighted by molar-refractivity contribution is 5.85. The van der Waals surface area contributed by atoms with Crippen LogP contribution in [0.2, 0.25) is 0 Å². The maximum absolute atomic E-state index is 10.4. The molecule has 0 radical (unpaired) electrons. The number of carbonyl (C=O) groups is 1. The number of nitrogens with zero attached hydrogens (tertiary/aromatic N) is 2. The third kappa shape index (κ3) is 1.28. The second kappa shape index (κ2) is 2.74.